The molecule has 6 nitrogen and oxygen atoms in total. The van der Waals surface area contributed by atoms with Crippen molar-refractivity contribution in [3.05, 3.63) is 23.9 Å². The number of pyridine rings is 1. The Kier molecular flexibility index (Phi) is 5.14. The van der Waals surface area contributed by atoms with Gasteiger partial charge in [-0.05, 0) is 25.0 Å². The van der Waals surface area contributed by atoms with E-state index in [1.165, 1.54) is 13.3 Å². The van der Waals surface area contributed by atoms with Gasteiger partial charge in [0.25, 0.3) is 0 Å². The number of ether oxygens (including phenoxy) is 1. The molecule has 1 fully saturated rings. The summed E-state index contributed by atoms with van der Waals surface area (Å²) in [6, 6.07) is 3.00. The number of esters is 1. The lowest BCUT2D eigenvalue weighted by atomic mass is 9.95. The Morgan fingerprint density at radius 3 is 2.81 bits per heavy atom. The molecular weight excluding hydrogens is 272 g/mol. The smallest absolute Gasteiger partial charge is 0.338 e. The minimum atomic E-state index is -0.779. The second-order valence-electron chi connectivity index (χ2n) is 5.25. The van der Waals surface area contributed by atoms with Crippen LogP contribution in [0.1, 0.15) is 42.5 Å². The van der Waals surface area contributed by atoms with Crippen molar-refractivity contribution in [2.45, 2.75) is 38.1 Å². The van der Waals surface area contributed by atoms with Crippen LogP contribution in [0.5, 0.6) is 0 Å². The van der Waals surface area contributed by atoms with E-state index < -0.39 is 17.9 Å². The molecule has 1 aliphatic carbocycles. The van der Waals surface area contributed by atoms with Gasteiger partial charge in [0.05, 0.1) is 18.6 Å². The van der Waals surface area contributed by atoms with Crippen molar-refractivity contribution in [3.8, 4) is 0 Å². The number of carbonyl (C=O) groups excluding carboxylic acids is 1. The molecule has 0 bridgehead atoms. The Morgan fingerprint density at radius 1 is 1.33 bits per heavy atom. The quantitative estimate of drug-likeness (QED) is 0.654. The summed E-state index contributed by atoms with van der Waals surface area (Å²) >= 11 is 0. The molecule has 1 heterocycles. The zero-order valence-corrected chi connectivity index (χ0v) is 12.0. The molecule has 6 heteroatoms. The Balaban J connectivity index is 2.14. The van der Waals surface area contributed by atoms with Crippen LogP contribution in [0.3, 0.4) is 0 Å². The van der Waals surface area contributed by atoms with Gasteiger partial charge in [-0.3, -0.25) is 4.79 Å². The highest BCUT2D eigenvalue weighted by Gasteiger charge is 2.29. The maximum Gasteiger partial charge on any atom is 0.338 e. The second kappa shape index (κ2) is 7.06. The average molecular weight is 292 g/mol. The van der Waals surface area contributed by atoms with Crippen LogP contribution in [-0.2, 0) is 9.53 Å². The third-order valence-corrected chi connectivity index (χ3v) is 3.85. The highest BCUT2D eigenvalue weighted by molar-refractivity contribution is 5.90. The molecule has 0 saturated heterocycles. The SMILES string of the molecule is COC(=O)c1ccnc(NC2CCCCCC2C(=O)O)c1. The van der Waals surface area contributed by atoms with Crippen LogP contribution in [0, 0.1) is 5.92 Å². The first-order valence-corrected chi connectivity index (χ1v) is 7.15. The molecule has 2 atom stereocenters. The van der Waals surface area contributed by atoms with E-state index in [0.29, 0.717) is 17.8 Å². The number of aromatic nitrogens is 1. The Hall–Kier alpha value is -2.11. The van der Waals surface area contributed by atoms with Crippen molar-refractivity contribution in [3.63, 3.8) is 0 Å². The molecule has 114 valence electrons. The van der Waals surface area contributed by atoms with Gasteiger partial charge in [-0.15, -0.1) is 0 Å². The highest BCUT2D eigenvalue weighted by atomic mass is 16.5. The third-order valence-electron chi connectivity index (χ3n) is 3.85. The summed E-state index contributed by atoms with van der Waals surface area (Å²) in [5.74, 6) is -1.12. The minimum absolute atomic E-state index is 0.162. The molecule has 0 radical (unpaired) electrons. The van der Waals surface area contributed by atoms with E-state index in [-0.39, 0.29) is 6.04 Å². The summed E-state index contributed by atoms with van der Waals surface area (Å²) in [6.07, 6.45) is 5.96. The van der Waals surface area contributed by atoms with Crippen molar-refractivity contribution in [2.24, 2.45) is 5.92 Å². The fourth-order valence-electron chi connectivity index (χ4n) is 2.72. The number of methoxy groups -OCH3 is 1. The van der Waals surface area contributed by atoms with Gasteiger partial charge in [0.15, 0.2) is 0 Å². The van der Waals surface area contributed by atoms with E-state index in [0.717, 1.165) is 25.7 Å². The molecule has 21 heavy (non-hydrogen) atoms. The van der Waals surface area contributed by atoms with Crippen LogP contribution in [0.15, 0.2) is 18.3 Å². The van der Waals surface area contributed by atoms with E-state index in [2.05, 4.69) is 15.0 Å². The molecule has 1 aromatic rings. The number of carbonyl (C=O) groups is 2. The summed E-state index contributed by atoms with van der Waals surface area (Å²) in [6.45, 7) is 0. The second-order valence-corrected chi connectivity index (χ2v) is 5.25. The van der Waals surface area contributed by atoms with E-state index in [1.54, 1.807) is 12.1 Å². The van der Waals surface area contributed by atoms with Crippen LogP contribution < -0.4 is 5.32 Å². The van der Waals surface area contributed by atoms with Gasteiger partial charge >= 0.3 is 11.9 Å². The van der Waals surface area contributed by atoms with Gasteiger partial charge in [-0.1, -0.05) is 19.3 Å². The van der Waals surface area contributed by atoms with Gasteiger partial charge in [-0.25, -0.2) is 9.78 Å². The number of hydrogen-bond donors (Lipinski definition) is 2. The van der Waals surface area contributed by atoms with Gasteiger partial charge < -0.3 is 15.2 Å². The molecular formula is C15H20N2O4. The van der Waals surface area contributed by atoms with Gasteiger partial charge in [-0.2, -0.15) is 0 Å². The molecule has 2 N–H and O–H groups in total. The molecule has 1 aromatic heterocycles. The Morgan fingerprint density at radius 2 is 2.10 bits per heavy atom. The zero-order valence-electron chi connectivity index (χ0n) is 12.0. The van der Waals surface area contributed by atoms with Crippen molar-refractivity contribution < 1.29 is 19.4 Å². The lowest BCUT2D eigenvalue weighted by molar-refractivity contribution is -0.142. The van der Waals surface area contributed by atoms with Crippen molar-refractivity contribution in [1.29, 1.82) is 0 Å². The first-order valence-electron chi connectivity index (χ1n) is 7.15. The van der Waals surface area contributed by atoms with Crippen LogP contribution in [-0.4, -0.2) is 35.2 Å². The lowest BCUT2D eigenvalue weighted by Crippen LogP contribution is -2.34. The standard InChI is InChI=1S/C15H20N2O4/c1-21-15(20)10-7-8-16-13(9-10)17-12-6-4-2-3-5-11(12)14(18)19/h7-9,11-12H,2-6H2,1H3,(H,16,17)(H,18,19). The number of nitrogens with zero attached hydrogens (tertiary/aromatic N) is 1. The summed E-state index contributed by atoms with van der Waals surface area (Å²) in [4.78, 5) is 27.1. The zero-order chi connectivity index (χ0) is 15.2. The predicted octanol–water partition coefficient (Wildman–Crippen LogP) is 2.31. The average Bonchev–Trinajstić information content (AvgIpc) is 2.72. The largest absolute Gasteiger partial charge is 0.481 e. The number of anilines is 1. The van der Waals surface area contributed by atoms with Crippen molar-refractivity contribution in [1.82, 2.24) is 4.98 Å². The first kappa shape index (κ1) is 15.3. The number of rotatable bonds is 4. The molecule has 0 spiro atoms. The monoisotopic (exact) mass is 292 g/mol. The number of hydrogen-bond acceptors (Lipinski definition) is 5. The van der Waals surface area contributed by atoms with E-state index >= 15 is 0 Å². The normalized spacial score (nSPS) is 22.1. The fourth-order valence-corrected chi connectivity index (χ4v) is 2.72. The van der Waals surface area contributed by atoms with E-state index in [1.807, 2.05) is 0 Å². The van der Waals surface area contributed by atoms with Crippen molar-refractivity contribution in [2.75, 3.05) is 12.4 Å². The molecule has 1 aliphatic rings. The van der Waals surface area contributed by atoms with E-state index in [9.17, 15) is 14.7 Å². The predicted molar refractivity (Wildman–Crippen MR) is 77.2 cm³/mol. The minimum Gasteiger partial charge on any atom is -0.481 e. The number of aliphatic carboxylic acids is 1. The van der Waals surface area contributed by atoms with Gasteiger partial charge in [0.1, 0.15) is 5.82 Å². The maximum absolute atomic E-state index is 11.5. The van der Waals surface area contributed by atoms with Crippen LogP contribution in [0.25, 0.3) is 0 Å². The van der Waals surface area contributed by atoms with E-state index in [4.69, 9.17) is 0 Å². The van der Waals surface area contributed by atoms with Gasteiger partial charge in [0.2, 0.25) is 0 Å². The Bertz CT molecular complexity index is 518. The van der Waals surface area contributed by atoms with Crippen molar-refractivity contribution >= 4 is 17.8 Å². The fraction of sp³-hybridized carbons (Fsp3) is 0.533. The highest BCUT2D eigenvalue weighted by Crippen LogP contribution is 2.26. The molecule has 0 aromatic carbocycles. The number of carboxylic acids is 1. The molecule has 2 rings (SSSR count). The summed E-state index contributed by atoms with van der Waals surface area (Å²) in [5.41, 5.74) is 0.399. The lowest BCUT2D eigenvalue weighted by Gasteiger charge is -2.23. The third kappa shape index (κ3) is 3.93. The summed E-state index contributed by atoms with van der Waals surface area (Å²) in [5, 5.41) is 12.5. The van der Waals surface area contributed by atoms with Crippen LogP contribution in [0.2, 0.25) is 0 Å². The number of carboxylic acid groups (broad SMARTS) is 1. The molecule has 2 unspecified atom stereocenters. The van der Waals surface area contributed by atoms with Crippen LogP contribution >= 0.6 is 0 Å². The first-order chi connectivity index (χ1) is 10.1. The maximum atomic E-state index is 11.5. The summed E-state index contributed by atoms with van der Waals surface area (Å²) < 4.78 is 4.67. The topological polar surface area (TPSA) is 88.5 Å². The molecule has 0 aliphatic heterocycles. The Labute approximate surface area is 123 Å². The number of nitrogens with one attached hydrogen (secondary N) is 1. The van der Waals surface area contributed by atoms with Gasteiger partial charge in [0, 0.05) is 12.2 Å². The molecule has 0 amide bonds. The molecule has 1 saturated carbocycles. The summed E-state index contributed by atoms with van der Waals surface area (Å²) in [7, 11) is 1.32. The van der Waals surface area contributed by atoms with Crippen LogP contribution in [0.4, 0.5) is 5.82 Å².